The SMILES string of the molecule is CC[C@H](O)c1ccccc1OCCCC1CCCO1. The van der Waals surface area contributed by atoms with E-state index in [4.69, 9.17) is 9.47 Å². The number of hydrogen-bond donors (Lipinski definition) is 1. The van der Waals surface area contributed by atoms with Crippen molar-refractivity contribution in [3.05, 3.63) is 29.8 Å². The smallest absolute Gasteiger partial charge is 0.125 e. The third-order valence-corrected chi connectivity index (χ3v) is 3.62. The van der Waals surface area contributed by atoms with Crippen LogP contribution in [0.2, 0.25) is 0 Å². The van der Waals surface area contributed by atoms with E-state index in [1.54, 1.807) is 0 Å². The molecule has 0 aromatic heterocycles. The summed E-state index contributed by atoms with van der Waals surface area (Å²) >= 11 is 0. The Morgan fingerprint density at radius 1 is 1.42 bits per heavy atom. The molecule has 0 aliphatic carbocycles. The minimum atomic E-state index is -0.436. The highest BCUT2D eigenvalue weighted by molar-refractivity contribution is 5.34. The number of para-hydroxylation sites is 1. The van der Waals surface area contributed by atoms with Gasteiger partial charge in [-0.15, -0.1) is 0 Å². The van der Waals surface area contributed by atoms with E-state index < -0.39 is 6.10 Å². The molecule has 2 atom stereocenters. The van der Waals surface area contributed by atoms with E-state index in [1.807, 2.05) is 31.2 Å². The Morgan fingerprint density at radius 2 is 2.26 bits per heavy atom. The standard InChI is InChI=1S/C16H24O3/c1-2-15(17)14-9-3-4-10-16(14)19-12-6-8-13-7-5-11-18-13/h3-4,9-10,13,15,17H,2,5-8,11-12H2,1H3/t13?,15-/m0/s1. The molecule has 1 saturated heterocycles. The van der Waals surface area contributed by atoms with Gasteiger partial charge >= 0.3 is 0 Å². The van der Waals surface area contributed by atoms with Crippen LogP contribution >= 0.6 is 0 Å². The van der Waals surface area contributed by atoms with Gasteiger partial charge in [0.25, 0.3) is 0 Å². The molecule has 106 valence electrons. The van der Waals surface area contributed by atoms with Crippen molar-refractivity contribution in [3.63, 3.8) is 0 Å². The fraction of sp³-hybridized carbons (Fsp3) is 0.625. The molecule has 1 aromatic carbocycles. The monoisotopic (exact) mass is 264 g/mol. The van der Waals surface area contributed by atoms with Crippen molar-refractivity contribution in [3.8, 4) is 5.75 Å². The Bertz CT molecular complexity index is 372. The Balaban J connectivity index is 1.78. The van der Waals surface area contributed by atoms with Crippen LogP contribution in [0.4, 0.5) is 0 Å². The summed E-state index contributed by atoms with van der Waals surface area (Å²) in [6.07, 6.45) is 5.15. The number of aliphatic hydroxyl groups excluding tert-OH is 1. The predicted octanol–water partition coefficient (Wildman–Crippen LogP) is 3.47. The van der Waals surface area contributed by atoms with E-state index in [1.165, 1.54) is 12.8 Å². The second kappa shape index (κ2) is 7.51. The van der Waals surface area contributed by atoms with Gasteiger partial charge in [-0.1, -0.05) is 25.1 Å². The summed E-state index contributed by atoms with van der Waals surface area (Å²) in [4.78, 5) is 0. The molecule has 1 N–H and O–H groups in total. The van der Waals surface area contributed by atoms with Gasteiger partial charge in [-0.05, 0) is 38.2 Å². The number of rotatable bonds is 7. The molecule has 2 rings (SSSR count). The number of ether oxygens (including phenoxy) is 2. The van der Waals surface area contributed by atoms with E-state index in [9.17, 15) is 5.11 Å². The minimum absolute atomic E-state index is 0.431. The molecule has 0 saturated carbocycles. The van der Waals surface area contributed by atoms with Crippen LogP contribution in [0.5, 0.6) is 5.75 Å². The summed E-state index contributed by atoms with van der Waals surface area (Å²) in [7, 11) is 0. The van der Waals surface area contributed by atoms with Crippen molar-refractivity contribution in [2.24, 2.45) is 0 Å². The van der Waals surface area contributed by atoms with E-state index in [0.717, 1.165) is 30.8 Å². The minimum Gasteiger partial charge on any atom is -0.493 e. The van der Waals surface area contributed by atoms with Gasteiger partial charge in [0, 0.05) is 12.2 Å². The number of hydrogen-bond acceptors (Lipinski definition) is 3. The summed E-state index contributed by atoms with van der Waals surface area (Å²) in [6.45, 7) is 3.57. The Kier molecular flexibility index (Phi) is 5.67. The van der Waals surface area contributed by atoms with Gasteiger partial charge in [-0.2, -0.15) is 0 Å². The first-order valence-electron chi connectivity index (χ1n) is 7.32. The van der Waals surface area contributed by atoms with Gasteiger partial charge < -0.3 is 14.6 Å². The van der Waals surface area contributed by atoms with Crippen LogP contribution in [0.25, 0.3) is 0 Å². The molecule has 3 heteroatoms. The van der Waals surface area contributed by atoms with Gasteiger partial charge in [0.15, 0.2) is 0 Å². The fourth-order valence-electron chi connectivity index (χ4n) is 2.47. The first kappa shape index (κ1) is 14.4. The second-order valence-corrected chi connectivity index (χ2v) is 5.09. The van der Waals surface area contributed by atoms with Crippen LogP contribution in [-0.2, 0) is 4.74 Å². The third-order valence-electron chi connectivity index (χ3n) is 3.62. The quantitative estimate of drug-likeness (QED) is 0.766. The van der Waals surface area contributed by atoms with Gasteiger partial charge in [0.1, 0.15) is 5.75 Å². The predicted molar refractivity (Wildman–Crippen MR) is 75.4 cm³/mol. The van der Waals surface area contributed by atoms with Gasteiger partial charge in [-0.3, -0.25) is 0 Å². The molecular formula is C16H24O3. The first-order valence-corrected chi connectivity index (χ1v) is 7.32. The van der Waals surface area contributed by atoms with Gasteiger partial charge in [-0.25, -0.2) is 0 Å². The number of benzene rings is 1. The fourth-order valence-corrected chi connectivity index (χ4v) is 2.47. The van der Waals surface area contributed by atoms with Crippen molar-refractivity contribution in [1.29, 1.82) is 0 Å². The highest BCUT2D eigenvalue weighted by atomic mass is 16.5. The summed E-state index contributed by atoms with van der Waals surface area (Å²) in [6, 6.07) is 7.75. The maximum atomic E-state index is 9.94. The maximum Gasteiger partial charge on any atom is 0.125 e. The molecule has 1 aliphatic heterocycles. The van der Waals surface area contributed by atoms with Crippen molar-refractivity contribution < 1.29 is 14.6 Å². The molecule has 3 nitrogen and oxygen atoms in total. The van der Waals surface area contributed by atoms with Crippen molar-refractivity contribution in [1.82, 2.24) is 0 Å². The second-order valence-electron chi connectivity index (χ2n) is 5.09. The lowest BCUT2D eigenvalue weighted by Crippen LogP contribution is -2.08. The van der Waals surface area contributed by atoms with Crippen LogP contribution in [0.15, 0.2) is 24.3 Å². The summed E-state index contributed by atoms with van der Waals surface area (Å²) in [5, 5.41) is 9.94. The number of aliphatic hydroxyl groups is 1. The molecule has 19 heavy (non-hydrogen) atoms. The normalized spacial score (nSPS) is 20.4. The lowest BCUT2D eigenvalue weighted by atomic mass is 10.1. The molecule has 1 aromatic rings. The molecule has 1 fully saturated rings. The first-order chi connectivity index (χ1) is 9.31. The van der Waals surface area contributed by atoms with Crippen LogP contribution in [0, 0.1) is 0 Å². The van der Waals surface area contributed by atoms with Crippen LogP contribution in [-0.4, -0.2) is 24.4 Å². The maximum absolute atomic E-state index is 9.94. The van der Waals surface area contributed by atoms with Crippen LogP contribution < -0.4 is 4.74 Å². The lowest BCUT2D eigenvalue weighted by Gasteiger charge is -2.15. The van der Waals surface area contributed by atoms with Gasteiger partial charge in [0.05, 0.1) is 18.8 Å². The van der Waals surface area contributed by atoms with Crippen LogP contribution in [0.3, 0.4) is 0 Å². The molecule has 1 aliphatic rings. The van der Waals surface area contributed by atoms with E-state index in [0.29, 0.717) is 19.1 Å². The third kappa shape index (κ3) is 4.22. The Morgan fingerprint density at radius 3 is 3.00 bits per heavy atom. The van der Waals surface area contributed by atoms with Crippen LogP contribution in [0.1, 0.15) is 50.7 Å². The lowest BCUT2D eigenvalue weighted by molar-refractivity contribution is 0.0977. The average Bonchev–Trinajstić information content (AvgIpc) is 2.96. The highest BCUT2D eigenvalue weighted by Crippen LogP contribution is 2.27. The van der Waals surface area contributed by atoms with E-state index >= 15 is 0 Å². The molecular weight excluding hydrogens is 240 g/mol. The largest absolute Gasteiger partial charge is 0.493 e. The zero-order valence-corrected chi connectivity index (χ0v) is 11.7. The topological polar surface area (TPSA) is 38.7 Å². The van der Waals surface area contributed by atoms with E-state index in [-0.39, 0.29) is 0 Å². The molecule has 0 spiro atoms. The van der Waals surface area contributed by atoms with E-state index in [2.05, 4.69) is 0 Å². The molecule has 1 unspecified atom stereocenters. The van der Waals surface area contributed by atoms with Crippen molar-refractivity contribution in [2.75, 3.05) is 13.2 Å². The zero-order chi connectivity index (χ0) is 13.5. The average molecular weight is 264 g/mol. The van der Waals surface area contributed by atoms with Crippen molar-refractivity contribution in [2.45, 2.75) is 51.2 Å². The molecule has 0 radical (unpaired) electrons. The summed E-state index contributed by atoms with van der Waals surface area (Å²) in [5.74, 6) is 0.809. The Hall–Kier alpha value is -1.06. The summed E-state index contributed by atoms with van der Waals surface area (Å²) < 4.78 is 11.4. The molecule has 0 amide bonds. The Labute approximate surface area is 115 Å². The van der Waals surface area contributed by atoms with Gasteiger partial charge in [0.2, 0.25) is 0 Å². The zero-order valence-electron chi connectivity index (χ0n) is 11.7. The molecule has 1 heterocycles. The summed E-state index contributed by atoms with van der Waals surface area (Å²) in [5.41, 5.74) is 0.891. The molecule has 0 bridgehead atoms. The highest BCUT2D eigenvalue weighted by Gasteiger charge is 2.15. The van der Waals surface area contributed by atoms with Crippen molar-refractivity contribution >= 4 is 0 Å².